The van der Waals surface area contributed by atoms with Crippen LogP contribution in [0.25, 0.3) is 0 Å². The van der Waals surface area contributed by atoms with E-state index in [1.165, 1.54) is 24.0 Å². The first-order valence-corrected chi connectivity index (χ1v) is 7.99. The van der Waals surface area contributed by atoms with Gasteiger partial charge in [0.05, 0.1) is 7.11 Å². The van der Waals surface area contributed by atoms with Crippen molar-refractivity contribution in [3.8, 4) is 5.75 Å². The molecular weight excluding hydrogens is 312 g/mol. The molecule has 0 saturated heterocycles. The number of benzene rings is 2. The van der Waals surface area contributed by atoms with Crippen molar-refractivity contribution >= 4 is 15.9 Å². The van der Waals surface area contributed by atoms with Crippen molar-refractivity contribution in [2.75, 3.05) is 7.11 Å². The summed E-state index contributed by atoms with van der Waals surface area (Å²) in [6, 6.07) is 19.2. The van der Waals surface area contributed by atoms with Crippen LogP contribution in [0.15, 0.2) is 54.6 Å². The minimum Gasteiger partial charge on any atom is -0.496 e. The van der Waals surface area contributed by atoms with Crippen LogP contribution in [-0.2, 0) is 11.8 Å². The third-order valence-electron chi connectivity index (χ3n) is 4.33. The molecule has 2 aromatic carbocycles. The van der Waals surface area contributed by atoms with Gasteiger partial charge in [0, 0.05) is 10.2 Å². The zero-order valence-corrected chi connectivity index (χ0v) is 13.3. The van der Waals surface area contributed by atoms with Crippen molar-refractivity contribution in [2.45, 2.75) is 29.5 Å². The molecule has 1 fully saturated rings. The number of halogens is 1. The summed E-state index contributed by atoms with van der Waals surface area (Å²) in [4.78, 5) is 0.453. The predicted octanol–water partition coefficient (Wildman–Crippen LogP) is 4.73. The van der Waals surface area contributed by atoms with E-state index in [0.717, 1.165) is 12.2 Å². The molecule has 0 aliphatic heterocycles. The van der Waals surface area contributed by atoms with Crippen molar-refractivity contribution in [1.29, 1.82) is 0 Å². The number of para-hydroxylation sites is 1. The Kier molecular flexibility index (Phi) is 3.84. The quantitative estimate of drug-likeness (QED) is 0.720. The van der Waals surface area contributed by atoms with Crippen molar-refractivity contribution in [1.82, 2.24) is 0 Å². The zero-order valence-electron chi connectivity index (χ0n) is 11.7. The molecule has 1 atom stereocenters. The van der Waals surface area contributed by atoms with Gasteiger partial charge in [0.1, 0.15) is 5.75 Å². The van der Waals surface area contributed by atoms with E-state index in [2.05, 4.69) is 58.4 Å². The van der Waals surface area contributed by atoms with E-state index in [0.29, 0.717) is 10.2 Å². The fourth-order valence-corrected chi connectivity index (χ4v) is 4.02. The monoisotopic (exact) mass is 330 g/mol. The van der Waals surface area contributed by atoms with E-state index in [9.17, 15) is 0 Å². The average molecular weight is 331 g/mol. The van der Waals surface area contributed by atoms with Crippen LogP contribution < -0.4 is 4.74 Å². The molecule has 104 valence electrons. The zero-order chi connectivity index (χ0) is 14.0. The van der Waals surface area contributed by atoms with E-state index < -0.39 is 0 Å². The van der Waals surface area contributed by atoms with Gasteiger partial charge < -0.3 is 4.74 Å². The minimum absolute atomic E-state index is 0.308. The molecule has 1 saturated carbocycles. The summed E-state index contributed by atoms with van der Waals surface area (Å²) < 4.78 is 5.46. The number of rotatable bonds is 5. The smallest absolute Gasteiger partial charge is 0.122 e. The second-order valence-electron chi connectivity index (χ2n) is 5.51. The van der Waals surface area contributed by atoms with Crippen LogP contribution in [0.1, 0.15) is 24.0 Å². The fourth-order valence-electron chi connectivity index (χ4n) is 2.95. The Morgan fingerprint density at radius 2 is 1.70 bits per heavy atom. The standard InChI is InChI=1S/C18H19BrO/c1-20-16-10-6-5-7-14(16)13-17(19)18(11-12-18)15-8-3-2-4-9-15/h2-10,17H,11-13H2,1H3. The molecule has 1 aliphatic rings. The second kappa shape index (κ2) is 5.61. The lowest BCUT2D eigenvalue weighted by Crippen LogP contribution is -2.22. The van der Waals surface area contributed by atoms with E-state index in [-0.39, 0.29) is 0 Å². The summed E-state index contributed by atoms with van der Waals surface area (Å²) in [5, 5.41) is 0. The fraction of sp³-hybridized carbons (Fsp3) is 0.333. The largest absolute Gasteiger partial charge is 0.496 e. The van der Waals surface area contributed by atoms with Crippen molar-refractivity contribution in [2.24, 2.45) is 0 Å². The topological polar surface area (TPSA) is 9.23 Å². The second-order valence-corrected chi connectivity index (χ2v) is 6.61. The van der Waals surface area contributed by atoms with E-state index in [1.54, 1.807) is 7.11 Å². The Morgan fingerprint density at radius 3 is 2.35 bits per heavy atom. The molecular formula is C18H19BrO. The Hall–Kier alpha value is -1.28. The summed E-state index contributed by atoms with van der Waals surface area (Å²) in [7, 11) is 1.74. The highest BCUT2D eigenvalue weighted by molar-refractivity contribution is 9.09. The van der Waals surface area contributed by atoms with Crippen LogP contribution in [-0.4, -0.2) is 11.9 Å². The van der Waals surface area contributed by atoms with Crippen LogP contribution in [0.4, 0.5) is 0 Å². The van der Waals surface area contributed by atoms with E-state index >= 15 is 0 Å². The molecule has 20 heavy (non-hydrogen) atoms. The van der Waals surface area contributed by atoms with Gasteiger partial charge in [-0.05, 0) is 36.5 Å². The molecule has 2 heteroatoms. The van der Waals surface area contributed by atoms with Gasteiger partial charge in [-0.25, -0.2) is 0 Å². The van der Waals surface area contributed by atoms with Crippen LogP contribution in [0, 0.1) is 0 Å². The first-order valence-electron chi connectivity index (χ1n) is 7.08. The van der Waals surface area contributed by atoms with Crippen LogP contribution in [0.3, 0.4) is 0 Å². The molecule has 1 nitrogen and oxygen atoms in total. The molecule has 0 heterocycles. The Balaban J connectivity index is 1.82. The van der Waals surface area contributed by atoms with Gasteiger partial charge >= 0.3 is 0 Å². The summed E-state index contributed by atoms with van der Waals surface area (Å²) in [6.45, 7) is 0. The van der Waals surface area contributed by atoms with E-state index in [1.807, 2.05) is 12.1 Å². The molecule has 0 spiro atoms. The Bertz CT molecular complexity index is 575. The third kappa shape index (κ3) is 2.49. The number of hydrogen-bond acceptors (Lipinski definition) is 1. The first kappa shape index (κ1) is 13.7. The highest BCUT2D eigenvalue weighted by atomic mass is 79.9. The molecule has 0 N–H and O–H groups in total. The summed E-state index contributed by atoms with van der Waals surface area (Å²) >= 11 is 3.94. The van der Waals surface area contributed by atoms with Crippen molar-refractivity contribution in [3.63, 3.8) is 0 Å². The molecule has 0 amide bonds. The predicted molar refractivity (Wildman–Crippen MR) is 86.8 cm³/mol. The molecule has 0 aromatic heterocycles. The summed E-state index contributed by atoms with van der Waals surface area (Å²) in [5.41, 5.74) is 3.04. The number of alkyl halides is 1. The third-order valence-corrected chi connectivity index (χ3v) is 5.53. The molecule has 0 bridgehead atoms. The van der Waals surface area contributed by atoms with Gasteiger partial charge in [0.25, 0.3) is 0 Å². The van der Waals surface area contributed by atoms with Gasteiger partial charge in [0.15, 0.2) is 0 Å². The highest BCUT2D eigenvalue weighted by Crippen LogP contribution is 2.54. The minimum atomic E-state index is 0.308. The molecule has 1 unspecified atom stereocenters. The summed E-state index contributed by atoms with van der Waals surface area (Å²) in [6.07, 6.45) is 3.53. The number of ether oxygens (including phenoxy) is 1. The maximum Gasteiger partial charge on any atom is 0.122 e. The SMILES string of the molecule is COc1ccccc1CC(Br)C1(c2ccccc2)CC1. The molecule has 3 rings (SSSR count). The Morgan fingerprint density at radius 1 is 1.05 bits per heavy atom. The molecule has 1 aliphatic carbocycles. The maximum absolute atomic E-state index is 5.46. The van der Waals surface area contributed by atoms with Crippen LogP contribution >= 0.6 is 15.9 Å². The average Bonchev–Trinajstić information content (AvgIpc) is 3.30. The van der Waals surface area contributed by atoms with Crippen molar-refractivity contribution in [3.05, 3.63) is 65.7 Å². The van der Waals surface area contributed by atoms with Crippen molar-refractivity contribution < 1.29 is 4.74 Å². The number of hydrogen-bond donors (Lipinski definition) is 0. The first-order chi connectivity index (χ1) is 9.76. The van der Waals surface area contributed by atoms with Crippen LogP contribution in [0.2, 0.25) is 0 Å². The number of methoxy groups -OCH3 is 1. The molecule has 0 radical (unpaired) electrons. The lowest BCUT2D eigenvalue weighted by Gasteiger charge is -2.23. The van der Waals surface area contributed by atoms with Gasteiger partial charge in [-0.3, -0.25) is 0 Å². The van der Waals surface area contributed by atoms with Gasteiger partial charge in [-0.15, -0.1) is 0 Å². The molecule has 2 aromatic rings. The van der Waals surface area contributed by atoms with E-state index in [4.69, 9.17) is 4.74 Å². The van der Waals surface area contributed by atoms with Gasteiger partial charge in [0.2, 0.25) is 0 Å². The Labute approximate surface area is 129 Å². The maximum atomic E-state index is 5.46. The highest BCUT2D eigenvalue weighted by Gasteiger charge is 2.49. The normalized spacial score (nSPS) is 17.5. The summed E-state index contributed by atoms with van der Waals surface area (Å²) in [5.74, 6) is 0.987. The van der Waals surface area contributed by atoms with Gasteiger partial charge in [-0.1, -0.05) is 64.5 Å². The lowest BCUT2D eigenvalue weighted by atomic mass is 9.89. The van der Waals surface area contributed by atoms with Crippen LogP contribution in [0.5, 0.6) is 5.75 Å². The van der Waals surface area contributed by atoms with Gasteiger partial charge in [-0.2, -0.15) is 0 Å². The lowest BCUT2D eigenvalue weighted by molar-refractivity contribution is 0.408.